The summed E-state index contributed by atoms with van der Waals surface area (Å²) in [7, 11) is 0. The maximum atomic E-state index is 3.43. The lowest BCUT2D eigenvalue weighted by Crippen LogP contribution is -2.16. The summed E-state index contributed by atoms with van der Waals surface area (Å²) in [5.41, 5.74) is 4.27. The van der Waals surface area contributed by atoms with Crippen LogP contribution in [-0.4, -0.2) is 13.1 Å². The van der Waals surface area contributed by atoms with Gasteiger partial charge in [0, 0.05) is 0 Å². The van der Waals surface area contributed by atoms with Gasteiger partial charge in [-0.1, -0.05) is 25.1 Å². The molecule has 15 heavy (non-hydrogen) atoms. The summed E-state index contributed by atoms with van der Waals surface area (Å²) < 4.78 is 0. The van der Waals surface area contributed by atoms with Gasteiger partial charge >= 0.3 is 0 Å². The number of aryl methyl sites for hydroxylation is 3. The van der Waals surface area contributed by atoms with Crippen LogP contribution in [0, 0.1) is 13.8 Å². The van der Waals surface area contributed by atoms with Crippen molar-refractivity contribution in [1.29, 1.82) is 0 Å². The standard InChI is InChI=1S/C14H23N/c1-4-9-15-10-5-6-14-8-7-12(2)13(3)11-14/h7-8,11,15H,4-6,9-10H2,1-3H3. The lowest BCUT2D eigenvalue weighted by atomic mass is 10.0. The second-order valence-electron chi connectivity index (χ2n) is 4.27. The Morgan fingerprint density at radius 2 is 1.87 bits per heavy atom. The van der Waals surface area contributed by atoms with Gasteiger partial charge < -0.3 is 5.32 Å². The van der Waals surface area contributed by atoms with Crippen LogP contribution in [0.2, 0.25) is 0 Å². The summed E-state index contributed by atoms with van der Waals surface area (Å²) in [6.07, 6.45) is 3.66. The van der Waals surface area contributed by atoms with Gasteiger partial charge in [0.1, 0.15) is 0 Å². The zero-order valence-electron chi connectivity index (χ0n) is 10.3. The molecule has 0 atom stereocenters. The topological polar surface area (TPSA) is 12.0 Å². The molecule has 84 valence electrons. The van der Waals surface area contributed by atoms with E-state index in [2.05, 4.69) is 44.3 Å². The fraction of sp³-hybridized carbons (Fsp3) is 0.571. The van der Waals surface area contributed by atoms with Gasteiger partial charge in [0.05, 0.1) is 0 Å². The number of hydrogen-bond acceptors (Lipinski definition) is 1. The number of rotatable bonds is 6. The molecule has 0 amide bonds. The van der Waals surface area contributed by atoms with Crippen molar-refractivity contribution in [2.45, 2.75) is 40.0 Å². The monoisotopic (exact) mass is 205 g/mol. The summed E-state index contributed by atoms with van der Waals surface area (Å²) in [5, 5.41) is 3.43. The molecule has 1 aromatic rings. The second-order valence-corrected chi connectivity index (χ2v) is 4.27. The average molecular weight is 205 g/mol. The molecular formula is C14H23N. The van der Waals surface area contributed by atoms with Crippen LogP contribution in [0.5, 0.6) is 0 Å². The molecule has 0 aliphatic heterocycles. The fourth-order valence-electron chi connectivity index (χ4n) is 1.68. The van der Waals surface area contributed by atoms with Gasteiger partial charge in [-0.15, -0.1) is 0 Å². The van der Waals surface area contributed by atoms with Gasteiger partial charge in [-0.05, 0) is 62.9 Å². The quantitative estimate of drug-likeness (QED) is 0.703. The third kappa shape index (κ3) is 4.48. The van der Waals surface area contributed by atoms with Crippen molar-refractivity contribution < 1.29 is 0 Å². The zero-order chi connectivity index (χ0) is 11.1. The highest BCUT2D eigenvalue weighted by atomic mass is 14.8. The summed E-state index contributed by atoms with van der Waals surface area (Å²) in [6, 6.07) is 6.79. The first-order valence-corrected chi connectivity index (χ1v) is 6.01. The lowest BCUT2D eigenvalue weighted by Gasteiger charge is -2.06. The second kappa shape index (κ2) is 6.62. The van der Waals surface area contributed by atoms with E-state index in [0.717, 1.165) is 13.1 Å². The minimum Gasteiger partial charge on any atom is -0.317 e. The SMILES string of the molecule is CCCNCCCc1ccc(C)c(C)c1. The smallest absolute Gasteiger partial charge is 0.00458 e. The first-order chi connectivity index (χ1) is 7.24. The summed E-state index contributed by atoms with van der Waals surface area (Å²) in [4.78, 5) is 0. The minimum atomic E-state index is 1.14. The Kier molecular flexibility index (Phi) is 5.41. The minimum absolute atomic E-state index is 1.14. The summed E-state index contributed by atoms with van der Waals surface area (Å²) >= 11 is 0. The molecule has 0 saturated heterocycles. The van der Waals surface area contributed by atoms with Gasteiger partial charge in [-0.2, -0.15) is 0 Å². The Bertz CT molecular complexity index is 291. The molecule has 0 unspecified atom stereocenters. The van der Waals surface area contributed by atoms with Crippen molar-refractivity contribution in [3.05, 3.63) is 34.9 Å². The third-order valence-electron chi connectivity index (χ3n) is 2.82. The molecule has 0 spiro atoms. The first kappa shape index (κ1) is 12.3. The molecule has 0 heterocycles. The van der Waals surface area contributed by atoms with E-state index in [1.165, 1.54) is 36.0 Å². The van der Waals surface area contributed by atoms with Crippen molar-refractivity contribution in [1.82, 2.24) is 5.32 Å². The first-order valence-electron chi connectivity index (χ1n) is 6.01. The van der Waals surface area contributed by atoms with Crippen LogP contribution in [-0.2, 0) is 6.42 Å². The molecular weight excluding hydrogens is 182 g/mol. The normalized spacial score (nSPS) is 10.6. The molecule has 1 rings (SSSR count). The molecule has 0 aliphatic rings. The van der Waals surface area contributed by atoms with E-state index in [4.69, 9.17) is 0 Å². The van der Waals surface area contributed by atoms with Crippen molar-refractivity contribution in [2.75, 3.05) is 13.1 Å². The van der Waals surface area contributed by atoms with Crippen molar-refractivity contribution >= 4 is 0 Å². The molecule has 1 heteroatoms. The van der Waals surface area contributed by atoms with E-state index in [9.17, 15) is 0 Å². The summed E-state index contributed by atoms with van der Waals surface area (Å²) in [5.74, 6) is 0. The molecule has 0 radical (unpaired) electrons. The lowest BCUT2D eigenvalue weighted by molar-refractivity contribution is 0.640. The molecule has 1 N–H and O–H groups in total. The van der Waals surface area contributed by atoms with Crippen molar-refractivity contribution in [3.8, 4) is 0 Å². The van der Waals surface area contributed by atoms with Crippen LogP contribution in [0.4, 0.5) is 0 Å². The third-order valence-corrected chi connectivity index (χ3v) is 2.82. The number of nitrogens with one attached hydrogen (secondary N) is 1. The van der Waals surface area contributed by atoms with Gasteiger partial charge in [-0.3, -0.25) is 0 Å². The highest BCUT2D eigenvalue weighted by molar-refractivity contribution is 5.29. The Hall–Kier alpha value is -0.820. The van der Waals surface area contributed by atoms with Crippen LogP contribution < -0.4 is 5.32 Å². The van der Waals surface area contributed by atoms with E-state index in [1.54, 1.807) is 0 Å². The van der Waals surface area contributed by atoms with E-state index in [-0.39, 0.29) is 0 Å². The highest BCUT2D eigenvalue weighted by Crippen LogP contribution is 2.11. The molecule has 1 nitrogen and oxygen atoms in total. The molecule has 0 saturated carbocycles. The van der Waals surface area contributed by atoms with E-state index < -0.39 is 0 Å². The van der Waals surface area contributed by atoms with Crippen molar-refractivity contribution in [2.24, 2.45) is 0 Å². The Balaban J connectivity index is 2.28. The van der Waals surface area contributed by atoms with Crippen molar-refractivity contribution in [3.63, 3.8) is 0 Å². The van der Waals surface area contributed by atoms with Crippen LogP contribution in [0.25, 0.3) is 0 Å². The van der Waals surface area contributed by atoms with Crippen LogP contribution in [0.15, 0.2) is 18.2 Å². The molecule has 0 aromatic heterocycles. The predicted molar refractivity (Wildman–Crippen MR) is 67.4 cm³/mol. The molecule has 0 aliphatic carbocycles. The average Bonchev–Trinajstić information content (AvgIpc) is 2.23. The summed E-state index contributed by atoms with van der Waals surface area (Å²) in [6.45, 7) is 8.85. The Morgan fingerprint density at radius 3 is 2.53 bits per heavy atom. The van der Waals surface area contributed by atoms with Gasteiger partial charge in [0.25, 0.3) is 0 Å². The zero-order valence-corrected chi connectivity index (χ0v) is 10.3. The Morgan fingerprint density at radius 1 is 1.07 bits per heavy atom. The predicted octanol–water partition coefficient (Wildman–Crippen LogP) is 3.24. The van der Waals surface area contributed by atoms with Gasteiger partial charge in [-0.25, -0.2) is 0 Å². The molecule has 0 bridgehead atoms. The maximum absolute atomic E-state index is 3.43. The van der Waals surface area contributed by atoms with E-state index >= 15 is 0 Å². The van der Waals surface area contributed by atoms with E-state index in [0.29, 0.717) is 0 Å². The number of benzene rings is 1. The number of hydrogen-bond donors (Lipinski definition) is 1. The molecule has 1 aromatic carbocycles. The van der Waals surface area contributed by atoms with Crippen LogP contribution in [0.3, 0.4) is 0 Å². The fourth-order valence-corrected chi connectivity index (χ4v) is 1.68. The van der Waals surface area contributed by atoms with Gasteiger partial charge in [0.15, 0.2) is 0 Å². The molecule has 0 fully saturated rings. The highest BCUT2D eigenvalue weighted by Gasteiger charge is 1.96. The van der Waals surface area contributed by atoms with E-state index in [1.807, 2.05) is 0 Å². The Labute approximate surface area is 93.9 Å². The maximum Gasteiger partial charge on any atom is -0.00458 e. The van der Waals surface area contributed by atoms with Crippen LogP contribution in [0.1, 0.15) is 36.5 Å². The van der Waals surface area contributed by atoms with Gasteiger partial charge in [0.2, 0.25) is 0 Å². The van der Waals surface area contributed by atoms with Crippen LogP contribution >= 0.6 is 0 Å². The largest absolute Gasteiger partial charge is 0.317 e.